The maximum atomic E-state index is 12.4. The maximum Gasteiger partial charge on any atom is 0.305 e. The number of unbranched alkanes of at least 4 members (excludes halogenated alkanes) is 25. The van der Waals surface area contributed by atoms with Crippen LogP contribution in [0.15, 0.2) is 36.5 Å². The van der Waals surface area contributed by atoms with Crippen molar-refractivity contribution in [2.75, 3.05) is 13.2 Å². The van der Waals surface area contributed by atoms with E-state index in [9.17, 15) is 19.8 Å². The van der Waals surface area contributed by atoms with Crippen molar-refractivity contribution in [3.63, 3.8) is 0 Å². The Balaban J connectivity index is 3.56. The van der Waals surface area contributed by atoms with Gasteiger partial charge in [0.15, 0.2) is 0 Å². The summed E-state index contributed by atoms with van der Waals surface area (Å²) in [6, 6.07) is -0.567. The van der Waals surface area contributed by atoms with E-state index in [-0.39, 0.29) is 18.5 Å². The van der Waals surface area contributed by atoms with Gasteiger partial charge in [-0.2, -0.15) is 0 Å². The van der Waals surface area contributed by atoms with E-state index in [1.54, 1.807) is 0 Å². The molecule has 0 saturated carbocycles. The van der Waals surface area contributed by atoms with Gasteiger partial charge in [0.05, 0.1) is 25.4 Å². The zero-order valence-corrected chi connectivity index (χ0v) is 35.7. The summed E-state index contributed by atoms with van der Waals surface area (Å²) in [4.78, 5) is 24.4. The fourth-order valence-electron chi connectivity index (χ4n) is 6.78. The van der Waals surface area contributed by atoms with E-state index in [2.05, 4.69) is 55.6 Å². The number of ether oxygens (including phenoxy) is 1. The molecule has 0 aliphatic carbocycles. The molecule has 0 bridgehead atoms. The summed E-state index contributed by atoms with van der Waals surface area (Å²) >= 11 is 0. The van der Waals surface area contributed by atoms with Crippen LogP contribution >= 0.6 is 0 Å². The molecule has 0 aliphatic rings. The Hall–Kier alpha value is -1.92. The average molecular weight is 760 g/mol. The number of rotatable bonds is 42. The van der Waals surface area contributed by atoms with Crippen molar-refractivity contribution in [1.82, 2.24) is 5.32 Å². The monoisotopic (exact) mass is 760 g/mol. The molecule has 54 heavy (non-hydrogen) atoms. The van der Waals surface area contributed by atoms with E-state index in [1.807, 2.05) is 0 Å². The highest BCUT2D eigenvalue weighted by Crippen LogP contribution is 2.15. The first-order valence-electron chi connectivity index (χ1n) is 23.2. The predicted molar refractivity (Wildman–Crippen MR) is 232 cm³/mol. The van der Waals surface area contributed by atoms with Crippen LogP contribution in [-0.2, 0) is 14.3 Å². The minimum absolute atomic E-state index is 0.0514. The Labute approximate surface area is 334 Å². The van der Waals surface area contributed by atoms with E-state index in [0.29, 0.717) is 25.9 Å². The van der Waals surface area contributed by atoms with Crippen LogP contribution in [0.2, 0.25) is 0 Å². The summed E-state index contributed by atoms with van der Waals surface area (Å²) in [5, 5.41) is 23.1. The summed E-state index contributed by atoms with van der Waals surface area (Å²) in [6.45, 7) is 4.81. The van der Waals surface area contributed by atoms with Gasteiger partial charge >= 0.3 is 5.97 Å². The SMILES string of the molecule is CCCCC/C=C\C/C=C\CCCCCCCC(=O)OCCCC/C=C\CCCCCCC(=O)NC(CO)C(O)CCCCCCCCCCCCCC. The second kappa shape index (κ2) is 43.8. The second-order valence-corrected chi connectivity index (χ2v) is 15.7. The van der Waals surface area contributed by atoms with Gasteiger partial charge in [-0.25, -0.2) is 0 Å². The number of hydrogen-bond donors (Lipinski definition) is 3. The smallest absolute Gasteiger partial charge is 0.305 e. The first-order valence-corrected chi connectivity index (χ1v) is 23.2. The number of hydrogen-bond acceptors (Lipinski definition) is 5. The lowest BCUT2D eigenvalue weighted by Crippen LogP contribution is -2.45. The van der Waals surface area contributed by atoms with Gasteiger partial charge in [-0.1, -0.05) is 172 Å². The Morgan fingerprint density at radius 3 is 1.46 bits per heavy atom. The van der Waals surface area contributed by atoms with Gasteiger partial charge in [-0.05, 0) is 83.5 Å². The lowest BCUT2D eigenvalue weighted by molar-refractivity contribution is -0.143. The molecule has 6 nitrogen and oxygen atoms in total. The number of carbonyl (C=O) groups excluding carboxylic acids is 2. The summed E-state index contributed by atoms with van der Waals surface area (Å²) in [6.07, 6.45) is 51.0. The van der Waals surface area contributed by atoms with E-state index >= 15 is 0 Å². The van der Waals surface area contributed by atoms with Crippen LogP contribution in [-0.4, -0.2) is 47.4 Å². The molecular formula is C48H89NO5. The molecule has 0 spiro atoms. The van der Waals surface area contributed by atoms with Gasteiger partial charge in [0.1, 0.15) is 0 Å². The average Bonchev–Trinajstić information content (AvgIpc) is 3.17. The van der Waals surface area contributed by atoms with Crippen molar-refractivity contribution in [1.29, 1.82) is 0 Å². The van der Waals surface area contributed by atoms with Crippen LogP contribution in [0, 0.1) is 0 Å². The first-order chi connectivity index (χ1) is 26.5. The van der Waals surface area contributed by atoms with Gasteiger partial charge in [-0.3, -0.25) is 9.59 Å². The lowest BCUT2D eigenvalue weighted by Gasteiger charge is -2.22. The minimum Gasteiger partial charge on any atom is -0.466 e. The Morgan fingerprint density at radius 1 is 0.519 bits per heavy atom. The van der Waals surface area contributed by atoms with Gasteiger partial charge < -0.3 is 20.3 Å². The second-order valence-electron chi connectivity index (χ2n) is 15.7. The Kier molecular flexibility index (Phi) is 42.2. The predicted octanol–water partition coefficient (Wildman–Crippen LogP) is 13.3. The molecule has 0 radical (unpaired) electrons. The molecule has 0 aromatic heterocycles. The number of nitrogens with one attached hydrogen (secondary N) is 1. The molecule has 0 aliphatic heterocycles. The van der Waals surface area contributed by atoms with Crippen LogP contribution in [0.1, 0.15) is 232 Å². The molecule has 316 valence electrons. The third kappa shape index (κ3) is 39.8. The fraction of sp³-hybridized carbons (Fsp3) is 0.833. The molecule has 3 N–H and O–H groups in total. The molecule has 6 heteroatoms. The number of aliphatic hydroxyl groups is 2. The van der Waals surface area contributed by atoms with Crippen molar-refractivity contribution in [3.05, 3.63) is 36.5 Å². The highest BCUT2D eigenvalue weighted by molar-refractivity contribution is 5.76. The van der Waals surface area contributed by atoms with E-state index < -0.39 is 12.1 Å². The van der Waals surface area contributed by atoms with Gasteiger partial charge in [0.2, 0.25) is 5.91 Å². The van der Waals surface area contributed by atoms with Crippen molar-refractivity contribution >= 4 is 11.9 Å². The molecule has 0 saturated heterocycles. The van der Waals surface area contributed by atoms with Crippen molar-refractivity contribution in [2.45, 2.75) is 244 Å². The number of esters is 1. The fourth-order valence-corrected chi connectivity index (χ4v) is 6.78. The quantitative estimate of drug-likeness (QED) is 0.0327. The van der Waals surface area contributed by atoms with Gasteiger partial charge in [0, 0.05) is 12.8 Å². The first kappa shape index (κ1) is 52.1. The molecular weight excluding hydrogens is 671 g/mol. The largest absolute Gasteiger partial charge is 0.466 e. The van der Waals surface area contributed by atoms with Crippen molar-refractivity contribution < 1.29 is 24.5 Å². The third-order valence-electron chi connectivity index (χ3n) is 10.4. The minimum atomic E-state index is -0.686. The summed E-state index contributed by atoms with van der Waals surface area (Å²) in [7, 11) is 0. The lowest BCUT2D eigenvalue weighted by atomic mass is 10.0. The summed E-state index contributed by atoms with van der Waals surface area (Å²) in [5.41, 5.74) is 0. The molecule has 0 aromatic rings. The number of carbonyl (C=O) groups is 2. The third-order valence-corrected chi connectivity index (χ3v) is 10.4. The standard InChI is InChI=1S/C48H89NO5/c1-3-5-7-9-11-13-15-17-18-19-21-26-30-34-38-42-48(53)54-43-39-35-31-27-23-22-25-29-33-37-41-47(52)49-45(44-50)46(51)40-36-32-28-24-20-16-14-12-10-8-6-4-2/h11,13,17-18,23,27,45-46,50-51H,3-10,12,14-16,19-22,24-26,28-44H2,1-2H3,(H,49,52)/b13-11-,18-17-,27-23-. The van der Waals surface area contributed by atoms with Crippen LogP contribution in [0.4, 0.5) is 0 Å². The Morgan fingerprint density at radius 2 is 0.926 bits per heavy atom. The van der Waals surface area contributed by atoms with E-state index in [0.717, 1.165) is 89.9 Å². The summed E-state index contributed by atoms with van der Waals surface area (Å²) in [5.74, 6) is -0.126. The molecule has 2 atom stereocenters. The van der Waals surface area contributed by atoms with Crippen molar-refractivity contribution in [2.24, 2.45) is 0 Å². The molecule has 0 aromatic carbocycles. The van der Waals surface area contributed by atoms with Crippen LogP contribution in [0.25, 0.3) is 0 Å². The van der Waals surface area contributed by atoms with E-state index in [1.165, 1.54) is 109 Å². The van der Waals surface area contributed by atoms with Crippen LogP contribution in [0.5, 0.6) is 0 Å². The number of aliphatic hydroxyl groups excluding tert-OH is 2. The number of allylic oxidation sites excluding steroid dienone is 6. The van der Waals surface area contributed by atoms with Crippen molar-refractivity contribution in [3.8, 4) is 0 Å². The van der Waals surface area contributed by atoms with Crippen LogP contribution in [0.3, 0.4) is 0 Å². The molecule has 1 amide bonds. The van der Waals surface area contributed by atoms with Gasteiger partial charge in [0.25, 0.3) is 0 Å². The normalized spacial score (nSPS) is 13.0. The highest BCUT2D eigenvalue weighted by Gasteiger charge is 2.20. The zero-order chi connectivity index (χ0) is 39.4. The number of amides is 1. The molecule has 2 unspecified atom stereocenters. The zero-order valence-electron chi connectivity index (χ0n) is 35.7. The highest BCUT2D eigenvalue weighted by atomic mass is 16.5. The molecule has 0 heterocycles. The van der Waals surface area contributed by atoms with Gasteiger partial charge in [-0.15, -0.1) is 0 Å². The molecule has 0 fully saturated rings. The maximum absolute atomic E-state index is 12.4. The topological polar surface area (TPSA) is 95.9 Å². The van der Waals surface area contributed by atoms with Crippen LogP contribution < -0.4 is 5.32 Å². The Bertz CT molecular complexity index is 884. The summed E-state index contributed by atoms with van der Waals surface area (Å²) < 4.78 is 5.41. The van der Waals surface area contributed by atoms with E-state index in [4.69, 9.17) is 4.74 Å². The molecule has 0 rings (SSSR count).